The molecule has 2 aromatic rings. The molecule has 0 spiro atoms. The molecule has 2 N–H and O–H groups in total. The first-order chi connectivity index (χ1) is 9.66. The standard InChI is InChI=1S/C17H20FNO/c1-13(19)16-10-9-15(18)12-17(16)20-11-5-8-14-6-3-2-4-7-14/h2-4,6-7,9-10,12-13H,5,8,11,19H2,1H3/t13-/m1/s1. The molecule has 1 atom stereocenters. The smallest absolute Gasteiger partial charge is 0.126 e. The number of aryl methyl sites for hydroxylation is 1. The summed E-state index contributed by atoms with van der Waals surface area (Å²) in [7, 11) is 0. The Bertz CT molecular complexity index is 540. The molecule has 0 aliphatic rings. The second-order valence-corrected chi connectivity index (χ2v) is 4.91. The van der Waals surface area contributed by atoms with Crippen LogP contribution in [0.4, 0.5) is 4.39 Å². The third kappa shape index (κ3) is 4.07. The van der Waals surface area contributed by atoms with Crippen molar-refractivity contribution in [2.45, 2.75) is 25.8 Å². The lowest BCUT2D eigenvalue weighted by Gasteiger charge is -2.14. The minimum Gasteiger partial charge on any atom is -0.493 e. The molecule has 2 aromatic carbocycles. The van der Waals surface area contributed by atoms with Gasteiger partial charge in [0, 0.05) is 17.7 Å². The maximum absolute atomic E-state index is 13.3. The van der Waals surface area contributed by atoms with Gasteiger partial charge in [-0.25, -0.2) is 4.39 Å². The molecule has 2 nitrogen and oxygen atoms in total. The third-order valence-corrected chi connectivity index (χ3v) is 3.18. The third-order valence-electron chi connectivity index (χ3n) is 3.18. The van der Waals surface area contributed by atoms with E-state index in [1.54, 1.807) is 6.07 Å². The van der Waals surface area contributed by atoms with Crippen molar-refractivity contribution in [3.05, 3.63) is 65.5 Å². The van der Waals surface area contributed by atoms with Crippen molar-refractivity contribution >= 4 is 0 Å². The van der Waals surface area contributed by atoms with Crippen LogP contribution in [0.2, 0.25) is 0 Å². The van der Waals surface area contributed by atoms with Gasteiger partial charge in [0.15, 0.2) is 0 Å². The van der Waals surface area contributed by atoms with Crippen molar-refractivity contribution in [1.82, 2.24) is 0 Å². The van der Waals surface area contributed by atoms with Gasteiger partial charge in [0.05, 0.1) is 6.61 Å². The molecule has 0 saturated carbocycles. The van der Waals surface area contributed by atoms with Crippen LogP contribution < -0.4 is 10.5 Å². The van der Waals surface area contributed by atoms with Crippen molar-refractivity contribution in [3.8, 4) is 5.75 Å². The molecule has 3 heteroatoms. The lowest BCUT2D eigenvalue weighted by Crippen LogP contribution is -2.09. The van der Waals surface area contributed by atoms with Gasteiger partial charge in [-0.05, 0) is 31.4 Å². The van der Waals surface area contributed by atoms with E-state index in [1.807, 2.05) is 25.1 Å². The predicted molar refractivity (Wildman–Crippen MR) is 79.3 cm³/mol. The van der Waals surface area contributed by atoms with Crippen molar-refractivity contribution < 1.29 is 9.13 Å². The first kappa shape index (κ1) is 14.5. The number of ether oxygens (including phenoxy) is 1. The molecule has 20 heavy (non-hydrogen) atoms. The molecule has 0 bridgehead atoms. The second kappa shape index (κ2) is 7.06. The van der Waals surface area contributed by atoms with E-state index in [1.165, 1.54) is 17.7 Å². The normalized spacial score (nSPS) is 12.2. The molecule has 0 unspecified atom stereocenters. The van der Waals surface area contributed by atoms with E-state index < -0.39 is 0 Å². The zero-order valence-electron chi connectivity index (χ0n) is 11.7. The molecule has 0 aromatic heterocycles. The van der Waals surface area contributed by atoms with Crippen LogP contribution in [0.25, 0.3) is 0 Å². The highest BCUT2D eigenvalue weighted by atomic mass is 19.1. The Morgan fingerprint density at radius 3 is 2.60 bits per heavy atom. The monoisotopic (exact) mass is 273 g/mol. The fourth-order valence-electron chi connectivity index (χ4n) is 2.11. The summed E-state index contributed by atoms with van der Waals surface area (Å²) in [6.07, 6.45) is 1.84. The van der Waals surface area contributed by atoms with Gasteiger partial charge in [-0.1, -0.05) is 36.4 Å². The van der Waals surface area contributed by atoms with Gasteiger partial charge in [-0.15, -0.1) is 0 Å². The average Bonchev–Trinajstić information content (AvgIpc) is 2.44. The summed E-state index contributed by atoms with van der Waals surface area (Å²) in [5.74, 6) is 0.250. The van der Waals surface area contributed by atoms with E-state index in [0.29, 0.717) is 12.4 Å². The van der Waals surface area contributed by atoms with Crippen LogP contribution in [0.3, 0.4) is 0 Å². The lowest BCUT2D eigenvalue weighted by atomic mass is 10.1. The average molecular weight is 273 g/mol. The number of hydrogen-bond donors (Lipinski definition) is 1. The molecule has 0 saturated heterocycles. The Labute approximate surface area is 119 Å². The number of hydrogen-bond acceptors (Lipinski definition) is 2. The second-order valence-electron chi connectivity index (χ2n) is 4.91. The molecular weight excluding hydrogens is 253 g/mol. The molecular formula is C17H20FNO. The summed E-state index contributed by atoms with van der Waals surface area (Å²) in [6.45, 7) is 2.42. The quantitative estimate of drug-likeness (QED) is 0.811. The van der Waals surface area contributed by atoms with Crippen molar-refractivity contribution in [3.63, 3.8) is 0 Å². The highest BCUT2D eigenvalue weighted by Crippen LogP contribution is 2.25. The minimum absolute atomic E-state index is 0.167. The number of halogens is 1. The van der Waals surface area contributed by atoms with Crippen LogP contribution in [-0.2, 0) is 6.42 Å². The van der Waals surface area contributed by atoms with E-state index in [2.05, 4.69) is 12.1 Å². The number of nitrogens with two attached hydrogens (primary N) is 1. The van der Waals surface area contributed by atoms with Crippen LogP contribution in [0.1, 0.15) is 30.5 Å². The van der Waals surface area contributed by atoms with Crippen LogP contribution in [0.5, 0.6) is 5.75 Å². The van der Waals surface area contributed by atoms with Crippen LogP contribution in [0.15, 0.2) is 48.5 Å². The van der Waals surface area contributed by atoms with Crippen molar-refractivity contribution in [2.75, 3.05) is 6.61 Å². The minimum atomic E-state index is -0.299. The molecule has 0 aliphatic heterocycles. The highest BCUT2D eigenvalue weighted by molar-refractivity contribution is 5.36. The number of rotatable bonds is 6. The summed E-state index contributed by atoms with van der Waals surface area (Å²) in [5, 5.41) is 0. The van der Waals surface area contributed by atoms with E-state index in [4.69, 9.17) is 10.5 Å². The van der Waals surface area contributed by atoms with E-state index >= 15 is 0 Å². The van der Waals surface area contributed by atoms with Crippen LogP contribution >= 0.6 is 0 Å². The van der Waals surface area contributed by atoms with Crippen LogP contribution in [-0.4, -0.2) is 6.61 Å². The zero-order chi connectivity index (χ0) is 14.4. The Morgan fingerprint density at radius 2 is 1.90 bits per heavy atom. The molecule has 0 fully saturated rings. The summed E-state index contributed by atoms with van der Waals surface area (Å²) >= 11 is 0. The van der Waals surface area contributed by atoms with Crippen molar-refractivity contribution in [1.29, 1.82) is 0 Å². The van der Waals surface area contributed by atoms with E-state index in [0.717, 1.165) is 18.4 Å². The summed E-state index contributed by atoms with van der Waals surface area (Å²) in [5.41, 5.74) is 7.98. The fraction of sp³-hybridized carbons (Fsp3) is 0.294. The molecule has 106 valence electrons. The maximum Gasteiger partial charge on any atom is 0.126 e. The number of benzene rings is 2. The summed E-state index contributed by atoms with van der Waals surface area (Å²) < 4.78 is 18.9. The van der Waals surface area contributed by atoms with Gasteiger partial charge in [0.1, 0.15) is 11.6 Å². The first-order valence-electron chi connectivity index (χ1n) is 6.88. The van der Waals surface area contributed by atoms with Gasteiger partial charge in [0.25, 0.3) is 0 Å². The largest absolute Gasteiger partial charge is 0.493 e. The first-order valence-corrected chi connectivity index (χ1v) is 6.88. The Hall–Kier alpha value is -1.87. The van der Waals surface area contributed by atoms with E-state index in [-0.39, 0.29) is 11.9 Å². The van der Waals surface area contributed by atoms with Gasteiger partial charge < -0.3 is 10.5 Å². The van der Waals surface area contributed by atoms with Gasteiger partial charge in [-0.3, -0.25) is 0 Å². The molecule has 0 aliphatic carbocycles. The van der Waals surface area contributed by atoms with E-state index in [9.17, 15) is 4.39 Å². The van der Waals surface area contributed by atoms with Gasteiger partial charge >= 0.3 is 0 Å². The topological polar surface area (TPSA) is 35.2 Å². The summed E-state index contributed by atoms with van der Waals surface area (Å²) in [6, 6.07) is 14.6. The van der Waals surface area contributed by atoms with Crippen LogP contribution in [0, 0.1) is 5.82 Å². The highest BCUT2D eigenvalue weighted by Gasteiger charge is 2.09. The van der Waals surface area contributed by atoms with Crippen molar-refractivity contribution in [2.24, 2.45) is 5.73 Å². The molecule has 0 amide bonds. The summed E-state index contributed by atoms with van der Waals surface area (Å²) in [4.78, 5) is 0. The lowest BCUT2D eigenvalue weighted by molar-refractivity contribution is 0.305. The van der Waals surface area contributed by atoms with Gasteiger partial charge in [-0.2, -0.15) is 0 Å². The Balaban J connectivity index is 1.89. The Kier molecular flexibility index (Phi) is 5.13. The predicted octanol–water partition coefficient (Wildman–Crippen LogP) is 3.86. The zero-order valence-corrected chi connectivity index (χ0v) is 11.7. The van der Waals surface area contributed by atoms with Gasteiger partial charge in [0.2, 0.25) is 0 Å². The maximum atomic E-state index is 13.3. The molecule has 0 heterocycles. The molecule has 0 radical (unpaired) electrons. The fourth-order valence-corrected chi connectivity index (χ4v) is 2.11. The Morgan fingerprint density at radius 1 is 1.15 bits per heavy atom. The SMILES string of the molecule is C[C@@H](N)c1ccc(F)cc1OCCCc1ccccc1. The molecule has 2 rings (SSSR count).